The number of benzene rings is 2. The number of rotatable bonds is 5. The smallest absolute Gasteiger partial charge is 0.251 e. The first kappa shape index (κ1) is 18.0. The van der Waals surface area contributed by atoms with E-state index in [1.54, 1.807) is 24.3 Å². The van der Waals surface area contributed by atoms with Gasteiger partial charge in [0.25, 0.3) is 5.91 Å². The second-order valence-electron chi connectivity index (χ2n) is 7.47. The fraction of sp³-hybridized carbons (Fsp3) is 0.381. The summed E-state index contributed by atoms with van der Waals surface area (Å²) in [5.74, 6) is 0.0129. The predicted octanol–water partition coefficient (Wildman–Crippen LogP) is 3.08. The molecule has 1 heterocycles. The van der Waals surface area contributed by atoms with E-state index < -0.39 is 10.0 Å². The quantitative estimate of drug-likeness (QED) is 0.861. The predicted molar refractivity (Wildman–Crippen MR) is 106 cm³/mol. The summed E-state index contributed by atoms with van der Waals surface area (Å²) >= 11 is 0. The maximum atomic E-state index is 12.7. The summed E-state index contributed by atoms with van der Waals surface area (Å²) in [6.07, 6.45) is 3.94. The van der Waals surface area contributed by atoms with E-state index in [1.165, 1.54) is 16.3 Å². The van der Waals surface area contributed by atoms with Crippen molar-refractivity contribution in [3.8, 4) is 0 Å². The molecular formula is C21H24N2O3S. The Balaban J connectivity index is 1.48. The molecule has 0 aromatic heterocycles. The molecule has 0 bridgehead atoms. The van der Waals surface area contributed by atoms with Gasteiger partial charge in [-0.25, -0.2) is 8.42 Å². The van der Waals surface area contributed by atoms with Crippen molar-refractivity contribution in [3.63, 3.8) is 0 Å². The molecule has 1 N–H and O–H groups in total. The normalized spacial score (nSPS) is 20.1. The molecule has 5 nitrogen and oxygen atoms in total. The van der Waals surface area contributed by atoms with Crippen LogP contribution >= 0.6 is 0 Å². The minimum Gasteiger partial charge on any atom is -0.351 e. The number of nitrogens with one attached hydrogen (secondary N) is 1. The van der Waals surface area contributed by atoms with Crippen LogP contribution in [0.25, 0.3) is 0 Å². The molecule has 0 atom stereocenters. The molecule has 1 saturated carbocycles. The summed E-state index contributed by atoms with van der Waals surface area (Å²) in [5, 5.41) is 3.07. The lowest BCUT2D eigenvalue weighted by Crippen LogP contribution is -2.45. The summed E-state index contributed by atoms with van der Waals surface area (Å²) in [6.45, 7) is 1.08. The maximum absolute atomic E-state index is 12.7. The van der Waals surface area contributed by atoms with Crippen LogP contribution in [-0.4, -0.2) is 33.2 Å². The highest BCUT2D eigenvalue weighted by Crippen LogP contribution is 2.43. The third-order valence-corrected chi connectivity index (χ3v) is 7.65. The Bertz CT molecular complexity index is 937. The second-order valence-corrected chi connectivity index (χ2v) is 9.49. The largest absolute Gasteiger partial charge is 0.351 e. The number of hydrogen-bond donors (Lipinski definition) is 1. The summed E-state index contributed by atoms with van der Waals surface area (Å²) in [6, 6.07) is 17.2. The van der Waals surface area contributed by atoms with Gasteiger partial charge in [0.15, 0.2) is 0 Å². The average molecular weight is 385 g/mol. The molecule has 2 aliphatic rings. The molecule has 2 aromatic carbocycles. The summed E-state index contributed by atoms with van der Waals surface area (Å²) < 4.78 is 25.7. The van der Waals surface area contributed by atoms with Gasteiger partial charge >= 0.3 is 0 Å². The molecule has 2 aromatic rings. The van der Waals surface area contributed by atoms with Crippen LogP contribution in [0.1, 0.15) is 41.6 Å². The minimum absolute atomic E-state index is 0.0207. The number of amides is 1. The number of anilines is 1. The van der Waals surface area contributed by atoms with E-state index in [4.69, 9.17) is 0 Å². The number of carbonyl (C=O) groups excluding carboxylic acids is 1. The van der Waals surface area contributed by atoms with Crippen LogP contribution < -0.4 is 9.62 Å². The van der Waals surface area contributed by atoms with Crippen molar-refractivity contribution < 1.29 is 13.2 Å². The van der Waals surface area contributed by atoms with Crippen molar-refractivity contribution >= 4 is 21.6 Å². The van der Waals surface area contributed by atoms with Gasteiger partial charge in [0.1, 0.15) is 0 Å². The van der Waals surface area contributed by atoms with E-state index in [1.807, 2.05) is 18.2 Å². The molecule has 1 aliphatic carbocycles. The Hall–Kier alpha value is -2.34. The highest BCUT2D eigenvalue weighted by molar-refractivity contribution is 7.93. The van der Waals surface area contributed by atoms with Gasteiger partial charge in [0.2, 0.25) is 10.0 Å². The lowest BCUT2D eigenvalue weighted by molar-refractivity contribution is 0.0928. The van der Waals surface area contributed by atoms with Gasteiger partial charge < -0.3 is 5.32 Å². The molecule has 4 rings (SSSR count). The van der Waals surface area contributed by atoms with Crippen molar-refractivity contribution in [1.82, 2.24) is 5.32 Å². The molecule has 6 heteroatoms. The van der Waals surface area contributed by atoms with Crippen molar-refractivity contribution in [2.75, 3.05) is 23.1 Å². The van der Waals surface area contributed by atoms with Crippen LogP contribution in [0.4, 0.5) is 5.69 Å². The van der Waals surface area contributed by atoms with Gasteiger partial charge in [-0.3, -0.25) is 9.10 Å². The first-order valence-electron chi connectivity index (χ1n) is 9.44. The molecule has 27 heavy (non-hydrogen) atoms. The van der Waals surface area contributed by atoms with E-state index in [2.05, 4.69) is 17.4 Å². The minimum atomic E-state index is -3.25. The molecule has 1 aliphatic heterocycles. The Morgan fingerprint density at radius 1 is 1.04 bits per heavy atom. The van der Waals surface area contributed by atoms with Crippen LogP contribution in [-0.2, 0) is 15.4 Å². The summed E-state index contributed by atoms with van der Waals surface area (Å²) in [5.41, 5.74) is 2.36. The van der Waals surface area contributed by atoms with E-state index in [9.17, 15) is 13.2 Å². The molecule has 142 valence electrons. The van der Waals surface area contributed by atoms with Gasteiger partial charge in [-0.1, -0.05) is 42.8 Å². The molecule has 1 amide bonds. The van der Waals surface area contributed by atoms with Gasteiger partial charge in [0.05, 0.1) is 11.4 Å². The lowest BCUT2D eigenvalue weighted by atomic mass is 9.64. The SMILES string of the molecule is O=C(NCC1(c2ccccc2)CCC1)c1cccc(N2CCCS2(=O)=O)c1. The van der Waals surface area contributed by atoms with Crippen LogP contribution in [0.15, 0.2) is 54.6 Å². The first-order valence-corrected chi connectivity index (χ1v) is 11.1. The fourth-order valence-corrected chi connectivity index (χ4v) is 5.60. The van der Waals surface area contributed by atoms with Crippen LogP contribution in [0.2, 0.25) is 0 Å². The van der Waals surface area contributed by atoms with E-state index in [-0.39, 0.29) is 17.1 Å². The van der Waals surface area contributed by atoms with Crippen LogP contribution in [0.5, 0.6) is 0 Å². The third kappa shape index (κ3) is 3.46. The molecule has 0 radical (unpaired) electrons. The Morgan fingerprint density at radius 3 is 2.44 bits per heavy atom. The number of carbonyl (C=O) groups is 1. The van der Waals surface area contributed by atoms with Crippen molar-refractivity contribution in [2.45, 2.75) is 31.1 Å². The average Bonchev–Trinajstić information content (AvgIpc) is 3.01. The topological polar surface area (TPSA) is 66.5 Å². The molecular weight excluding hydrogens is 360 g/mol. The lowest BCUT2D eigenvalue weighted by Gasteiger charge is -2.42. The zero-order chi connectivity index (χ0) is 18.9. The molecule has 0 unspecified atom stereocenters. The van der Waals surface area contributed by atoms with Gasteiger partial charge in [-0.15, -0.1) is 0 Å². The Morgan fingerprint density at radius 2 is 1.81 bits per heavy atom. The highest BCUT2D eigenvalue weighted by Gasteiger charge is 2.38. The third-order valence-electron chi connectivity index (χ3n) is 5.78. The number of sulfonamides is 1. The van der Waals surface area contributed by atoms with E-state index in [0.29, 0.717) is 30.8 Å². The van der Waals surface area contributed by atoms with Crippen LogP contribution in [0.3, 0.4) is 0 Å². The monoisotopic (exact) mass is 384 g/mol. The van der Waals surface area contributed by atoms with Gasteiger partial charge in [-0.2, -0.15) is 0 Å². The standard InChI is InChI=1S/C21H24N2O3S/c24-20(22-16-21(11-5-12-21)18-8-2-1-3-9-18)17-7-4-10-19(15-17)23-13-6-14-27(23,25)26/h1-4,7-10,15H,5-6,11-14,16H2,(H,22,24). The maximum Gasteiger partial charge on any atom is 0.251 e. The fourth-order valence-electron chi connectivity index (χ4n) is 4.05. The number of nitrogens with zero attached hydrogens (tertiary/aromatic N) is 1. The Labute approximate surface area is 160 Å². The molecule has 2 fully saturated rings. The van der Waals surface area contributed by atoms with Crippen molar-refractivity contribution in [3.05, 3.63) is 65.7 Å². The van der Waals surface area contributed by atoms with Crippen LogP contribution in [0, 0.1) is 0 Å². The summed E-state index contributed by atoms with van der Waals surface area (Å²) in [7, 11) is -3.25. The molecule has 1 saturated heterocycles. The highest BCUT2D eigenvalue weighted by atomic mass is 32.2. The van der Waals surface area contributed by atoms with E-state index >= 15 is 0 Å². The van der Waals surface area contributed by atoms with Gasteiger partial charge in [-0.05, 0) is 43.0 Å². The van der Waals surface area contributed by atoms with Crippen molar-refractivity contribution in [2.24, 2.45) is 0 Å². The zero-order valence-corrected chi connectivity index (χ0v) is 16.0. The zero-order valence-electron chi connectivity index (χ0n) is 15.2. The second kappa shape index (κ2) is 7.00. The Kier molecular flexibility index (Phi) is 4.68. The van der Waals surface area contributed by atoms with Gasteiger partial charge in [0, 0.05) is 24.1 Å². The molecule has 0 spiro atoms. The van der Waals surface area contributed by atoms with Crippen molar-refractivity contribution in [1.29, 1.82) is 0 Å². The summed E-state index contributed by atoms with van der Waals surface area (Å²) in [4.78, 5) is 12.7. The van der Waals surface area contributed by atoms with E-state index in [0.717, 1.165) is 12.8 Å². The number of hydrogen-bond acceptors (Lipinski definition) is 3. The first-order chi connectivity index (χ1) is 13.0.